The average Bonchev–Trinajstić information content (AvgIpc) is 3.21. The molecule has 2 N–H and O–H groups in total. The predicted molar refractivity (Wildman–Crippen MR) is 154 cm³/mol. The molecule has 0 aromatic heterocycles. The van der Waals surface area contributed by atoms with Crippen LogP contribution in [0.2, 0.25) is 0 Å². The fourth-order valence-electron chi connectivity index (χ4n) is 4.65. The molecule has 0 bridgehead atoms. The van der Waals surface area contributed by atoms with Crippen LogP contribution in [0.25, 0.3) is 4.91 Å². The second kappa shape index (κ2) is 14.8. The number of carbonyl (C=O) groups excluding carboxylic acids is 1. The summed E-state index contributed by atoms with van der Waals surface area (Å²) in [6.07, 6.45) is 6.37. The number of anilines is 1. The molecule has 2 aliphatic rings. The lowest BCUT2D eigenvalue weighted by Crippen LogP contribution is -2.56. The number of thiol groups is 1. The first-order chi connectivity index (χ1) is 17.1. The smallest absolute Gasteiger partial charge is 0.247 e. The minimum Gasteiger partial charge on any atom is -0.339 e. The van der Waals surface area contributed by atoms with Gasteiger partial charge in [0.2, 0.25) is 5.91 Å². The zero-order valence-corrected chi connectivity index (χ0v) is 22.7. The van der Waals surface area contributed by atoms with E-state index in [0.29, 0.717) is 6.67 Å². The number of carbonyl (C=O) groups is 1. The molecule has 35 heavy (non-hydrogen) atoms. The van der Waals surface area contributed by atoms with E-state index >= 15 is 0 Å². The van der Waals surface area contributed by atoms with Crippen LogP contribution in [0.4, 0.5) is 5.69 Å². The van der Waals surface area contributed by atoms with Crippen molar-refractivity contribution in [3.05, 3.63) is 84.5 Å². The summed E-state index contributed by atoms with van der Waals surface area (Å²) in [6, 6.07) is 18.7. The molecular weight excluding hydrogens is 452 g/mol. The molecule has 2 heterocycles. The number of para-hydroxylation sites is 1. The number of amides is 1. The van der Waals surface area contributed by atoms with E-state index in [1.807, 2.05) is 58.3 Å². The molecule has 2 aromatic rings. The third kappa shape index (κ3) is 7.23. The Morgan fingerprint density at radius 2 is 1.69 bits per heavy atom. The first kappa shape index (κ1) is 28.7. The molecular formula is C29H42N4OS. The van der Waals surface area contributed by atoms with Gasteiger partial charge in [0.1, 0.15) is 5.54 Å². The van der Waals surface area contributed by atoms with Gasteiger partial charge < -0.3 is 20.4 Å². The molecule has 0 atom stereocenters. The van der Waals surface area contributed by atoms with E-state index < -0.39 is 5.54 Å². The molecule has 0 aliphatic carbocycles. The summed E-state index contributed by atoms with van der Waals surface area (Å²) in [6.45, 7) is 11.2. The molecule has 6 heteroatoms. The number of rotatable bonds is 6. The monoisotopic (exact) mass is 494 g/mol. The Bertz CT molecular complexity index is 952. The Labute approximate surface area is 217 Å². The number of nitrogens with one attached hydrogen (secondary N) is 2. The average molecular weight is 495 g/mol. The van der Waals surface area contributed by atoms with Crippen LogP contribution in [0.5, 0.6) is 0 Å². The summed E-state index contributed by atoms with van der Waals surface area (Å²) in [5, 5.41) is 5.83. The van der Waals surface area contributed by atoms with Gasteiger partial charge in [-0.2, -0.15) is 0 Å². The van der Waals surface area contributed by atoms with E-state index in [9.17, 15) is 4.79 Å². The lowest BCUT2D eigenvalue weighted by molar-refractivity contribution is -0.125. The number of hydrogen-bond donors (Lipinski definition) is 3. The Morgan fingerprint density at radius 3 is 2.31 bits per heavy atom. The molecule has 2 aromatic carbocycles. The molecule has 2 aliphatic heterocycles. The molecule has 0 saturated carbocycles. The normalized spacial score (nSPS) is 17.1. The zero-order valence-electron chi connectivity index (χ0n) is 21.8. The number of piperidine rings is 1. The first-order valence-electron chi connectivity index (χ1n) is 12.6. The van der Waals surface area contributed by atoms with Gasteiger partial charge in [0.25, 0.3) is 0 Å². The van der Waals surface area contributed by atoms with Crippen molar-refractivity contribution in [3.63, 3.8) is 0 Å². The molecule has 190 valence electrons. The van der Waals surface area contributed by atoms with Crippen LogP contribution in [0.3, 0.4) is 0 Å². The molecule has 0 radical (unpaired) electrons. The van der Waals surface area contributed by atoms with Crippen LogP contribution in [0, 0.1) is 0 Å². The van der Waals surface area contributed by atoms with E-state index in [1.54, 1.807) is 6.08 Å². The summed E-state index contributed by atoms with van der Waals surface area (Å²) >= 11 is 4.62. The molecule has 2 fully saturated rings. The lowest BCUT2D eigenvalue weighted by Gasteiger charge is -2.43. The number of allylic oxidation sites excluding steroid dienone is 2. The third-order valence-corrected chi connectivity index (χ3v) is 6.74. The number of benzene rings is 2. The SMILES string of the molecule is C=C/C=C(\S)c1ccccc1CCN1CCC2(CC1)C(=O)NCN2c1ccccc1.CC.CNC. The minimum atomic E-state index is -0.416. The van der Waals surface area contributed by atoms with Gasteiger partial charge in [-0.1, -0.05) is 69.0 Å². The van der Waals surface area contributed by atoms with Gasteiger partial charge in [-0.3, -0.25) is 4.79 Å². The van der Waals surface area contributed by atoms with Crippen LogP contribution < -0.4 is 15.5 Å². The van der Waals surface area contributed by atoms with Gasteiger partial charge in [0.05, 0.1) is 6.67 Å². The van der Waals surface area contributed by atoms with Crippen molar-refractivity contribution in [2.45, 2.75) is 38.6 Å². The predicted octanol–water partition coefficient (Wildman–Crippen LogP) is 4.98. The van der Waals surface area contributed by atoms with Gasteiger partial charge in [-0.15, -0.1) is 12.6 Å². The van der Waals surface area contributed by atoms with E-state index in [1.165, 1.54) is 11.1 Å². The van der Waals surface area contributed by atoms with Gasteiger partial charge in [0, 0.05) is 30.2 Å². The van der Waals surface area contributed by atoms with Crippen molar-refractivity contribution in [1.29, 1.82) is 0 Å². The molecule has 2 saturated heterocycles. The molecule has 1 spiro atoms. The van der Waals surface area contributed by atoms with E-state index in [-0.39, 0.29) is 5.91 Å². The summed E-state index contributed by atoms with van der Waals surface area (Å²) in [7, 11) is 3.75. The highest BCUT2D eigenvalue weighted by molar-refractivity contribution is 7.90. The Hall–Kier alpha value is -2.54. The number of likely N-dealkylation sites (tertiary alicyclic amines) is 1. The van der Waals surface area contributed by atoms with Gasteiger partial charge in [-0.25, -0.2) is 0 Å². The largest absolute Gasteiger partial charge is 0.339 e. The Balaban J connectivity index is 0.000000803. The second-order valence-corrected chi connectivity index (χ2v) is 8.98. The highest BCUT2D eigenvalue weighted by Crippen LogP contribution is 2.36. The highest BCUT2D eigenvalue weighted by atomic mass is 32.1. The van der Waals surface area contributed by atoms with Crippen LogP contribution in [-0.4, -0.2) is 56.7 Å². The fraction of sp³-hybridized carbons (Fsp3) is 0.414. The number of nitrogens with zero attached hydrogens (tertiary/aromatic N) is 2. The summed E-state index contributed by atoms with van der Waals surface area (Å²) in [5.41, 5.74) is 3.17. The van der Waals surface area contributed by atoms with E-state index in [0.717, 1.165) is 49.5 Å². The van der Waals surface area contributed by atoms with Gasteiger partial charge in [0.15, 0.2) is 0 Å². The summed E-state index contributed by atoms with van der Waals surface area (Å²) in [5.74, 6) is 0.172. The zero-order chi connectivity index (χ0) is 25.7. The quantitative estimate of drug-likeness (QED) is 0.392. The van der Waals surface area contributed by atoms with E-state index in [4.69, 9.17) is 0 Å². The van der Waals surface area contributed by atoms with Crippen molar-refractivity contribution < 1.29 is 4.79 Å². The van der Waals surface area contributed by atoms with Crippen molar-refractivity contribution in [1.82, 2.24) is 15.5 Å². The maximum absolute atomic E-state index is 12.8. The van der Waals surface area contributed by atoms with E-state index in [2.05, 4.69) is 70.0 Å². The van der Waals surface area contributed by atoms with Crippen molar-refractivity contribution in [2.24, 2.45) is 0 Å². The van der Waals surface area contributed by atoms with Gasteiger partial charge in [-0.05, 0) is 62.7 Å². The van der Waals surface area contributed by atoms with Crippen LogP contribution in [0.1, 0.15) is 37.8 Å². The third-order valence-electron chi connectivity index (χ3n) is 6.35. The topological polar surface area (TPSA) is 47.6 Å². The van der Waals surface area contributed by atoms with Crippen LogP contribution in [0.15, 0.2) is 73.3 Å². The van der Waals surface area contributed by atoms with Crippen molar-refractivity contribution in [2.75, 3.05) is 45.3 Å². The number of hydrogen-bond acceptors (Lipinski definition) is 5. The Morgan fingerprint density at radius 1 is 1.09 bits per heavy atom. The van der Waals surface area contributed by atoms with Crippen LogP contribution in [-0.2, 0) is 11.2 Å². The summed E-state index contributed by atoms with van der Waals surface area (Å²) < 4.78 is 0. The van der Waals surface area contributed by atoms with Crippen molar-refractivity contribution in [3.8, 4) is 0 Å². The minimum absolute atomic E-state index is 0.172. The molecule has 0 unspecified atom stereocenters. The van der Waals surface area contributed by atoms with Crippen molar-refractivity contribution >= 4 is 29.1 Å². The lowest BCUT2D eigenvalue weighted by atomic mass is 9.85. The highest BCUT2D eigenvalue weighted by Gasteiger charge is 2.50. The molecule has 5 nitrogen and oxygen atoms in total. The fourth-order valence-corrected chi connectivity index (χ4v) is 4.97. The maximum Gasteiger partial charge on any atom is 0.247 e. The molecule has 4 rings (SSSR count). The Kier molecular flexibility index (Phi) is 12.1. The second-order valence-electron chi connectivity index (χ2n) is 8.50. The van der Waals surface area contributed by atoms with Crippen LogP contribution >= 0.6 is 12.6 Å². The van der Waals surface area contributed by atoms with Gasteiger partial charge >= 0.3 is 0 Å². The maximum atomic E-state index is 12.8. The summed E-state index contributed by atoms with van der Waals surface area (Å²) in [4.78, 5) is 18.5. The first-order valence-corrected chi connectivity index (χ1v) is 13.0. The molecule has 1 amide bonds. The standard InChI is InChI=1S/C25H29N3OS.C2H7N.C2H6/c1-2-8-23(30)22-12-7-6-9-20(22)13-16-27-17-14-25(15-18-27)24(29)26-19-28(25)21-10-4-3-5-11-21;1-3-2;1-2/h2-12,30H,1,13-19H2,(H,26,29);3H,1-2H3;1-2H3/b23-8-;;.